The van der Waals surface area contributed by atoms with Gasteiger partial charge in [-0.1, -0.05) is 30.3 Å². The Morgan fingerprint density at radius 1 is 0.973 bits per heavy atom. The van der Waals surface area contributed by atoms with E-state index in [4.69, 9.17) is 14.2 Å². The standard InChI is InChI=1S/C27H24FN3O6/c1-35-22-9-4-3-8-20(22)29-25(32)15-31-26(33)21(30-27(31)34)13-17-10-11-23(24(14-17)36-2)37-16-18-6-5-7-19(28)12-18/h3-14H,15-16H2,1-2H3,(H,29,32)(H,30,34)/b21-13+. The van der Waals surface area contributed by atoms with E-state index in [1.54, 1.807) is 54.6 Å². The molecule has 37 heavy (non-hydrogen) atoms. The minimum absolute atomic E-state index is 0.00516. The Labute approximate surface area is 212 Å². The van der Waals surface area contributed by atoms with Crippen LogP contribution in [0.1, 0.15) is 11.1 Å². The number of carbonyl (C=O) groups is 3. The summed E-state index contributed by atoms with van der Waals surface area (Å²) in [6.45, 7) is -0.342. The van der Waals surface area contributed by atoms with Crippen LogP contribution < -0.4 is 24.8 Å². The number of amides is 4. The van der Waals surface area contributed by atoms with Crippen molar-refractivity contribution in [3.05, 3.63) is 89.4 Å². The van der Waals surface area contributed by atoms with E-state index in [1.165, 1.54) is 32.4 Å². The minimum Gasteiger partial charge on any atom is -0.495 e. The lowest BCUT2D eigenvalue weighted by atomic mass is 10.1. The fourth-order valence-corrected chi connectivity index (χ4v) is 3.64. The molecule has 1 aliphatic heterocycles. The molecule has 190 valence electrons. The first-order valence-electron chi connectivity index (χ1n) is 11.2. The number of imide groups is 1. The zero-order chi connectivity index (χ0) is 26.4. The van der Waals surface area contributed by atoms with Crippen LogP contribution in [0.4, 0.5) is 14.9 Å². The number of anilines is 1. The topological polar surface area (TPSA) is 106 Å². The molecule has 3 aromatic rings. The summed E-state index contributed by atoms with van der Waals surface area (Å²) in [5.41, 5.74) is 1.64. The second kappa shape index (κ2) is 11.3. The summed E-state index contributed by atoms with van der Waals surface area (Å²) in [6, 6.07) is 17.1. The first-order chi connectivity index (χ1) is 17.9. The van der Waals surface area contributed by atoms with Crippen LogP contribution in [0.25, 0.3) is 6.08 Å². The Kier molecular flexibility index (Phi) is 7.68. The van der Waals surface area contributed by atoms with Crippen LogP contribution in [0.2, 0.25) is 0 Å². The number of hydrogen-bond donors (Lipinski definition) is 2. The van der Waals surface area contributed by atoms with Gasteiger partial charge in [-0.25, -0.2) is 14.1 Å². The zero-order valence-corrected chi connectivity index (χ0v) is 20.1. The number of para-hydroxylation sites is 2. The Bertz CT molecular complexity index is 1370. The summed E-state index contributed by atoms with van der Waals surface area (Å²) in [4.78, 5) is 38.5. The number of methoxy groups -OCH3 is 2. The van der Waals surface area contributed by atoms with Gasteiger partial charge < -0.3 is 24.8 Å². The van der Waals surface area contributed by atoms with Crippen molar-refractivity contribution in [1.82, 2.24) is 10.2 Å². The number of nitrogens with one attached hydrogen (secondary N) is 2. The van der Waals surface area contributed by atoms with Crippen molar-refractivity contribution in [3.8, 4) is 17.2 Å². The molecule has 0 radical (unpaired) electrons. The number of halogens is 1. The van der Waals surface area contributed by atoms with Crippen molar-refractivity contribution in [2.75, 3.05) is 26.1 Å². The summed E-state index contributed by atoms with van der Waals surface area (Å²) in [5, 5.41) is 5.12. The van der Waals surface area contributed by atoms with Crippen LogP contribution in [-0.2, 0) is 16.2 Å². The molecular weight excluding hydrogens is 481 g/mol. The minimum atomic E-state index is -0.714. The van der Waals surface area contributed by atoms with Gasteiger partial charge in [0, 0.05) is 0 Å². The monoisotopic (exact) mass is 505 g/mol. The van der Waals surface area contributed by atoms with Crippen LogP contribution >= 0.6 is 0 Å². The third kappa shape index (κ3) is 6.04. The van der Waals surface area contributed by atoms with Crippen LogP contribution in [-0.4, -0.2) is 43.5 Å². The Balaban J connectivity index is 1.43. The average Bonchev–Trinajstić information content (AvgIpc) is 3.15. The third-order valence-corrected chi connectivity index (χ3v) is 5.43. The van der Waals surface area contributed by atoms with Crippen molar-refractivity contribution in [1.29, 1.82) is 0 Å². The van der Waals surface area contributed by atoms with Gasteiger partial charge >= 0.3 is 6.03 Å². The van der Waals surface area contributed by atoms with Crippen molar-refractivity contribution < 1.29 is 33.0 Å². The molecule has 0 unspecified atom stereocenters. The van der Waals surface area contributed by atoms with Crippen molar-refractivity contribution in [3.63, 3.8) is 0 Å². The quantitative estimate of drug-likeness (QED) is 0.337. The van der Waals surface area contributed by atoms with Gasteiger partial charge in [-0.15, -0.1) is 0 Å². The van der Waals surface area contributed by atoms with Crippen molar-refractivity contribution in [2.45, 2.75) is 6.61 Å². The number of hydrogen-bond acceptors (Lipinski definition) is 6. The zero-order valence-electron chi connectivity index (χ0n) is 20.1. The van der Waals surface area contributed by atoms with Crippen LogP contribution in [0, 0.1) is 5.82 Å². The molecular formula is C27H24FN3O6. The number of rotatable bonds is 9. The van der Waals surface area contributed by atoms with Crippen molar-refractivity contribution in [2.24, 2.45) is 0 Å². The van der Waals surface area contributed by atoms with E-state index in [9.17, 15) is 18.8 Å². The van der Waals surface area contributed by atoms with Gasteiger partial charge in [0.15, 0.2) is 11.5 Å². The summed E-state index contributed by atoms with van der Waals surface area (Å²) in [5.74, 6) is -0.308. The predicted octanol–water partition coefficient (Wildman–Crippen LogP) is 3.95. The first kappa shape index (κ1) is 25.2. The van der Waals surface area contributed by atoms with Crippen LogP contribution in [0.5, 0.6) is 17.2 Å². The summed E-state index contributed by atoms with van der Waals surface area (Å²) in [6.07, 6.45) is 1.47. The fourth-order valence-electron chi connectivity index (χ4n) is 3.64. The number of benzene rings is 3. The van der Waals surface area contributed by atoms with Crippen LogP contribution in [0.3, 0.4) is 0 Å². The molecule has 0 spiro atoms. The molecule has 1 heterocycles. The summed E-state index contributed by atoms with van der Waals surface area (Å²) < 4.78 is 29.7. The molecule has 1 saturated heterocycles. The molecule has 0 saturated carbocycles. The molecule has 1 aliphatic rings. The highest BCUT2D eigenvalue weighted by Gasteiger charge is 2.35. The van der Waals surface area contributed by atoms with E-state index in [-0.39, 0.29) is 18.1 Å². The molecule has 2 N–H and O–H groups in total. The molecule has 3 aromatic carbocycles. The lowest BCUT2D eigenvalue weighted by molar-refractivity contribution is -0.127. The van der Waals surface area contributed by atoms with E-state index in [1.807, 2.05) is 0 Å². The van der Waals surface area contributed by atoms with Crippen molar-refractivity contribution >= 4 is 29.6 Å². The molecule has 9 nitrogen and oxygen atoms in total. The molecule has 4 amide bonds. The maximum atomic E-state index is 13.4. The molecule has 0 aromatic heterocycles. The Morgan fingerprint density at radius 3 is 2.51 bits per heavy atom. The number of ether oxygens (including phenoxy) is 3. The van der Waals surface area contributed by atoms with Gasteiger partial charge in [-0.2, -0.15) is 0 Å². The maximum absolute atomic E-state index is 13.4. The highest BCUT2D eigenvalue weighted by Crippen LogP contribution is 2.30. The highest BCUT2D eigenvalue weighted by atomic mass is 19.1. The van der Waals surface area contributed by atoms with E-state index >= 15 is 0 Å². The Hall–Kier alpha value is -4.86. The summed E-state index contributed by atoms with van der Waals surface area (Å²) in [7, 11) is 2.93. The molecule has 0 aliphatic carbocycles. The summed E-state index contributed by atoms with van der Waals surface area (Å²) >= 11 is 0. The molecule has 4 rings (SSSR count). The normalized spacial score (nSPS) is 13.9. The lowest BCUT2D eigenvalue weighted by Gasteiger charge is -2.13. The maximum Gasteiger partial charge on any atom is 0.329 e. The van der Waals surface area contributed by atoms with Gasteiger partial charge in [0.05, 0.1) is 19.9 Å². The van der Waals surface area contributed by atoms with Crippen LogP contribution in [0.15, 0.2) is 72.4 Å². The second-order valence-electron chi connectivity index (χ2n) is 7.96. The fraction of sp³-hybridized carbons (Fsp3) is 0.148. The molecule has 1 fully saturated rings. The highest BCUT2D eigenvalue weighted by molar-refractivity contribution is 6.16. The van der Waals surface area contributed by atoms with E-state index in [2.05, 4.69) is 10.6 Å². The SMILES string of the molecule is COc1ccccc1NC(=O)CN1C(=O)N/C(=C/c2ccc(OCc3cccc(F)c3)c(OC)c2)C1=O. The Morgan fingerprint density at radius 2 is 1.76 bits per heavy atom. The number of carbonyl (C=O) groups excluding carboxylic acids is 3. The van der Waals surface area contributed by atoms with Gasteiger partial charge in [-0.05, 0) is 53.6 Å². The van der Waals surface area contributed by atoms with E-state index in [0.717, 1.165) is 4.90 Å². The molecule has 0 bridgehead atoms. The smallest absolute Gasteiger partial charge is 0.329 e. The van der Waals surface area contributed by atoms with Gasteiger partial charge in [0.25, 0.3) is 5.91 Å². The van der Waals surface area contributed by atoms with Gasteiger partial charge in [0.2, 0.25) is 5.91 Å². The van der Waals surface area contributed by atoms with E-state index < -0.39 is 24.4 Å². The predicted molar refractivity (Wildman–Crippen MR) is 134 cm³/mol. The average molecular weight is 506 g/mol. The first-order valence-corrected chi connectivity index (χ1v) is 11.2. The molecule has 10 heteroatoms. The molecule has 0 atom stereocenters. The second-order valence-corrected chi connectivity index (χ2v) is 7.96. The number of urea groups is 1. The van der Waals surface area contributed by atoms with Gasteiger partial charge in [-0.3, -0.25) is 9.59 Å². The lowest BCUT2D eigenvalue weighted by Crippen LogP contribution is -2.38. The largest absolute Gasteiger partial charge is 0.495 e. The van der Waals surface area contributed by atoms with Gasteiger partial charge in [0.1, 0.15) is 30.4 Å². The third-order valence-electron chi connectivity index (χ3n) is 5.43. The number of nitrogens with zero attached hydrogens (tertiary/aromatic N) is 1. The van der Waals surface area contributed by atoms with E-state index in [0.29, 0.717) is 34.1 Å².